The van der Waals surface area contributed by atoms with Crippen LogP contribution in [0.4, 0.5) is 17.2 Å². The van der Waals surface area contributed by atoms with Gasteiger partial charge < -0.3 is 25.2 Å². The summed E-state index contributed by atoms with van der Waals surface area (Å²) in [5.41, 5.74) is 2.89. The highest BCUT2D eigenvalue weighted by atomic mass is 32.2. The van der Waals surface area contributed by atoms with Crippen molar-refractivity contribution < 1.29 is 17.9 Å². The van der Waals surface area contributed by atoms with Crippen LogP contribution in [0.25, 0.3) is 0 Å². The molecule has 0 spiro atoms. The number of nitrogens with zero attached hydrogens (tertiary/aromatic N) is 4. The number of anilines is 3. The van der Waals surface area contributed by atoms with Crippen LogP contribution in [0, 0.1) is 0 Å². The van der Waals surface area contributed by atoms with E-state index in [1.54, 1.807) is 17.5 Å². The number of sulfonamides is 1. The van der Waals surface area contributed by atoms with Crippen LogP contribution in [0.15, 0.2) is 39.9 Å². The Balaban J connectivity index is 1.26. The van der Waals surface area contributed by atoms with Crippen molar-refractivity contribution in [2.24, 2.45) is 0 Å². The number of carbonyl (C=O) groups is 1. The Labute approximate surface area is 244 Å². The van der Waals surface area contributed by atoms with E-state index in [4.69, 9.17) is 4.74 Å². The molecule has 0 bridgehead atoms. The highest BCUT2D eigenvalue weighted by Crippen LogP contribution is 2.44. The zero-order valence-corrected chi connectivity index (χ0v) is 25.3. The summed E-state index contributed by atoms with van der Waals surface area (Å²) in [6, 6.07) is 9.50. The number of rotatable bonds is 7. The van der Waals surface area contributed by atoms with Gasteiger partial charge in [-0.3, -0.25) is 9.89 Å². The molecule has 220 valence electrons. The third-order valence-electron chi connectivity index (χ3n) is 8.37. The van der Waals surface area contributed by atoms with Crippen LogP contribution in [0.5, 0.6) is 0 Å². The van der Waals surface area contributed by atoms with E-state index in [0.717, 1.165) is 50.4 Å². The molecule has 3 aromatic rings. The number of ether oxygens (including phenoxy) is 1. The molecular formula is C28H37N7O4S2. The van der Waals surface area contributed by atoms with Gasteiger partial charge in [-0.25, -0.2) is 8.42 Å². The maximum Gasteiger partial charge on any atom is 0.258 e. The van der Waals surface area contributed by atoms with Crippen molar-refractivity contribution in [3.05, 3.63) is 52.5 Å². The molecule has 11 nitrogen and oxygen atoms in total. The van der Waals surface area contributed by atoms with Crippen LogP contribution >= 0.6 is 11.3 Å². The number of hydrogen-bond acceptors (Lipinski definition) is 9. The number of hydrogen-bond donors (Lipinski definition) is 3. The fraction of sp³-hybridized carbons (Fsp3) is 0.500. The number of aromatic amines is 1. The van der Waals surface area contributed by atoms with Crippen molar-refractivity contribution >= 4 is 44.5 Å². The standard InChI is InChI=1S/C28H37N7O4S2/c1-28(2)25-22(18-35(28)41(37,38)24-5-4-16-40-24)26(32-31-25)30-27(36)21-7-6-20(34-12-10-33(3)11-13-34)17-23(21)29-19-8-14-39-15-9-19/h4-7,16-17,19,29H,8-15,18H2,1-3H3,(H2,30,31,32,36). The molecule has 0 aliphatic carbocycles. The lowest BCUT2D eigenvalue weighted by molar-refractivity contribution is 0.0904. The van der Waals surface area contributed by atoms with Gasteiger partial charge in [0.15, 0.2) is 5.82 Å². The molecule has 0 radical (unpaired) electrons. The second-order valence-corrected chi connectivity index (χ2v) is 14.5. The number of fused-ring (bicyclic) bond motifs is 1. The minimum Gasteiger partial charge on any atom is -0.381 e. The Kier molecular flexibility index (Phi) is 7.57. The van der Waals surface area contributed by atoms with E-state index in [2.05, 4.69) is 43.7 Å². The number of amides is 1. The van der Waals surface area contributed by atoms with E-state index >= 15 is 0 Å². The molecule has 2 aromatic heterocycles. The molecule has 0 unspecified atom stereocenters. The van der Waals surface area contributed by atoms with E-state index < -0.39 is 15.6 Å². The van der Waals surface area contributed by atoms with Gasteiger partial charge >= 0.3 is 0 Å². The zero-order valence-electron chi connectivity index (χ0n) is 23.6. The quantitative estimate of drug-likeness (QED) is 0.377. The number of thiophene rings is 1. The molecule has 6 rings (SSSR count). The van der Waals surface area contributed by atoms with E-state index in [0.29, 0.717) is 40.1 Å². The summed E-state index contributed by atoms with van der Waals surface area (Å²) >= 11 is 1.19. The van der Waals surface area contributed by atoms with Crippen LogP contribution in [-0.4, -0.2) is 86.2 Å². The van der Waals surface area contributed by atoms with Crippen LogP contribution in [0.3, 0.4) is 0 Å². The van der Waals surface area contributed by atoms with Gasteiger partial charge in [0.2, 0.25) is 0 Å². The van der Waals surface area contributed by atoms with E-state index in [-0.39, 0.29) is 18.5 Å². The van der Waals surface area contributed by atoms with Crippen molar-refractivity contribution in [1.82, 2.24) is 19.4 Å². The molecule has 3 aliphatic heterocycles. The third kappa shape index (κ3) is 5.37. The fourth-order valence-corrected chi connectivity index (χ4v) is 8.68. The van der Waals surface area contributed by atoms with Crippen LogP contribution in [0.1, 0.15) is 48.3 Å². The smallest absolute Gasteiger partial charge is 0.258 e. The molecule has 5 heterocycles. The van der Waals surface area contributed by atoms with Gasteiger partial charge in [-0.15, -0.1) is 11.3 Å². The van der Waals surface area contributed by atoms with Crippen molar-refractivity contribution in [3.8, 4) is 0 Å². The van der Waals surface area contributed by atoms with Gasteiger partial charge in [-0.05, 0) is 63.4 Å². The van der Waals surface area contributed by atoms with E-state index in [1.807, 2.05) is 26.0 Å². The first kappa shape index (κ1) is 28.2. The molecule has 2 saturated heterocycles. The van der Waals surface area contributed by atoms with Crippen LogP contribution in [0.2, 0.25) is 0 Å². The Morgan fingerprint density at radius 2 is 1.90 bits per heavy atom. The second-order valence-electron chi connectivity index (χ2n) is 11.4. The van der Waals surface area contributed by atoms with Gasteiger partial charge in [0.1, 0.15) is 4.21 Å². The maximum atomic E-state index is 13.8. The topological polar surface area (TPSA) is 123 Å². The first-order chi connectivity index (χ1) is 19.6. The van der Waals surface area contributed by atoms with Crippen LogP contribution in [-0.2, 0) is 26.8 Å². The van der Waals surface area contributed by atoms with Gasteiger partial charge in [-0.1, -0.05) is 6.07 Å². The molecule has 3 aliphatic rings. The van der Waals surface area contributed by atoms with Crippen molar-refractivity contribution in [2.45, 2.75) is 49.0 Å². The van der Waals surface area contributed by atoms with Crippen molar-refractivity contribution in [1.29, 1.82) is 0 Å². The molecular weight excluding hydrogens is 562 g/mol. The number of likely N-dealkylation sites (N-methyl/N-ethyl adjacent to an activating group) is 1. The average Bonchev–Trinajstić information content (AvgIpc) is 3.69. The Hall–Kier alpha value is -2.97. The lowest BCUT2D eigenvalue weighted by atomic mass is 10.0. The summed E-state index contributed by atoms with van der Waals surface area (Å²) in [7, 11) is -1.59. The highest BCUT2D eigenvalue weighted by molar-refractivity contribution is 7.91. The average molecular weight is 600 g/mol. The SMILES string of the molecule is CN1CCN(c2ccc(C(=O)Nc3n[nH]c4c3CN(S(=O)(=O)c3cccs3)C4(C)C)c(NC3CCOCC3)c2)CC1. The number of benzene rings is 1. The second kappa shape index (κ2) is 11.0. The van der Waals surface area contributed by atoms with Gasteiger partial charge in [0, 0.05) is 68.9 Å². The zero-order chi connectivity index (χ0) is 28.8. The molecule has 13 heteroatoms. The fourth-order valence-electron chi connectivity index (χ4n) is 5.85. The molecule has 1 aromatic carbocycles. The third-order valence-corrected chi connectivity index (χ3v) is 11.8. The predicted molar refractivity (Wildman–Crippen MR) is 160 cm³/mol. The molecule has 1 amide bonds. The molecule has 41 heavy (non-hydrogen) atoms. The van der Waals surface area contributed by atoms with Gasteiger partial charge in [-0.2, -0.15) is 9.40 Å². The minimum absolute atomic E-state index is 0.115. The van der Waals surface area contributed by atoms with Crippen LogP contribution < -0.4 is 15.5 Å². The number of carbonyl (C=O) groups excluding carboxylic acids is 1. The Morgan fingerprint density at radius 1 is 1.15 bits per heavy atom. The van der Waals surface area contributed by atoms with Crippen molar-refractivity contribution in [3.63, 3.8) is 0 Å². The first-order valence-corrected chi connectivity index (χ1v) is 16.3. The minimum atomic E-state index is -3.72. The number of aromatic nitrogens is 2. The van der Waals surface area contributed by atoms with Gasteiger partial charge in [0.05, 0.1) is 16.8 Å². The Morgan fingerprint density at radius 3 is 2.61 bits per heavy atom. The lowest BCUT2D eigenvalue weighted by Crippen LogP contribution is -2.44. The van der Waals surface area contributed by atoms with E-state index in [9.17, 15) is 13.2 Å². The maximum absolute atomic E-state index is 13.8. The summed E-state index contributed by atoms with van der Waals surface area (Å²) in [5, 5.41) is 15.8. The van der Waals surface area contributed by atoms with Gasteiger partial charge in [0.25, 0.3) is 15.9 Å². The molecule has 3 N–H and O–H groups in total. The number of H-pyrrole nitrogens is 1. The summed E-state index contributed by atoms with van der Waals surface area (Å²) in [5.74, 6) is 0.0540. The predicted octanol–water partition coefficient (Wildman–Crippen LogP) is 3.51. The molecule has 0 saturated carbocycles. The molecule has 0 atom stereocenters. The number of piperazine rings is 1. The summed E-state index contributed by atoms with van der Waals surface area (Å²) in [6.45, 7) is 9.04. The summed E-state index contributed by atoms with van der Waals surface area (Å²) < 4.78 is 34.2. The summed E-state index contributed by atoms with van der Waals surface area (Å²) in [6.07, 6.45) is 1.74. The lowest BCUT2D eigenvalue weighted by Gasteiger charge is -2.34. The van der Waals surface area contributed by atoms with Crippen molar-refractivity contribution in [2.75, 3.05) is 62.0 Å². The normalized spacial score (nSPS) is 20.2. The Bertz CT molecular complexity index is 1510. The number of nitrogens with one attached hydrogen (secondary N) is 3. The highest BCUT2D eigenvalue weighted by Gasteiger charge is 2.48. The largest absolute Gasteiger partial charge is 0.381 e. The van der Waals surface area contributed by atoms with E-state index in [1.165, 1.54) is 15.6 Å². The molecule has 2 fully saturated rings. The monoisotopic (exact) mass is 599 g/mol. The summed E-state index contributed by atoms with van der Waals surface area (Å²) in [4.78, 5) is 18.4. The first-order valence-electron chi connectivity index (χ1n) is 14.0.